The van der Waals surface area contributed by atoms with Crippen molar-refractivity contribution in [2.45, 2.75) is 12.8 Å². The second kappa shape index (κ2) is 5.98. The molecule has 2 bridgehead atoms. The second-order valence-electron chi connectivity index (χ2n) is 8.09. The van der Waals surface area contributed by atoms with Crippen LogP contribution in [-0.2, 0) is 14.4 Å². The van der Waals surface area contributed by atoms with Gasteiger partial charge in [0.05, 0.1) is 16.8 Å². The molecule has 6 atom stereocenters. The summed E-state index contributed by atoms with van der Waals surface area (Å²) in [4.78, 5) is 49.5. The zero-order valence-corrected chi connectivity index (χ0v) is 15.0. The van der Waals surface area contributed by atoms with Crippen LogP contribution in [-0.4, -0.2) is 34.1 Å². The molecule has 8 nitrogen and oxygen atoms in total. The van der Waals surface area contributed by atoms with Gasteiger partial charge in [0.25, 0.3) is 5.69 Å². The fourth-order valence-electron chi connectivity index (χ4n) is 5.37. The Labute approximate surface area is 160 Å². The fourth-order valence-corrected chi connectivity index (χ4v) is 5.37. The summed E-state index contributed by atoms with van der Waals surface area (Å²) in [6, 6.07) is 5.65. The number of hydrogen-bond acceptors (Lipinski definition) is 5. The van der Waals surface area contributed by atoms with E-state index in [1.807, 2.05) is 0 Å². The molecule has 6 rings (SSSR count). The van der Waals surface area contributed by atoms with Gasteiger partial charge in [-0.2, -0.15) is 0 Å². The molecule has 1 heterocycles. The molecule has 1 aromatic carbocycles. The van der Waals surface area contributed by atoms with Crippen molar-refractivity contribution in [1.82, 2.24) is 4.90 Å². The van der Waals surface area contributed by atoms with E-state index in [9.17, 15) is 24.5 Å². The predicted molar refractivity (Wildman–Crippen MR) is 97.8 cm³/mol. The van der Waals surface area contributed by atoms with Gasteiger partial charge in [-0.25, -0.2) is 0 Å². The Morgan fingerprint density at radius 1 is 1.14 bits per heavy atom. The minimum atomic E-state index is -0.536. The largest absolute Gasteiger partial charge is 0.326 e. The number of anilines is 1. The van der Waals surface area contributed by atoms with Gasteiger partial charge in [0.1, 0.15) is 0 Å². The molecule has 0 radical (unpaired) electrons. The number of amides is 3. The van der Waals surface area contributed by atoms with E-state index < -0.39 is 4.92 Å². The van der Waals surface area contributed by atoms with Gasteiger partial charge in [0.2, 0.25) is 17.7 Å². The quantitative estimate of drug-likeness (QED) is 0.363. The minimum Gasteiger partial charge on any atom is -0.326 e. The van der Waals surface area contributed by atoms with Crippen LogP contribution in [0.3, 0.4) is 0 Å². The highest BCUT2D eigenvalue weighted by molar-refractivity contribution is 6.06. The molecule has 3 fully saturated rings. The van der Waals surface area contributed by atoms with Crippen molar-refractivity contribution in [3.8, 4) is 0 Å². The molecule has 8 heteroatoms. The number of nitro benzene ring substituents is 1. The van der Waals surface area contributed by atoms with Gasteiger partial charge in [0, 0.05) is 30.8 Å². The van der Waals surface area contributed by atoms with Gasteiger partial charge in [0.15, 0.2) is 0 Å². The molecule has 1 aromatic rings. The Hall–Kier alpha value is -3.03. The molecule has 0 unspecified atom stereocenters. The van der Waals surface area contributed by atoms with Crippen molar-refractivity contribution >= 4 is 29.1 Å². The Balaban J connectivity index is 1.23. The van der Waals surface area contributed by atoms with Crippen LogP contribution in [0.5, 0.6) is 0 Å². The summed E-state index contributed by atoms with van der Waals surface area (Å²) < 4.78 is 0. The van der Waals surface area contributed by atoms with Crippen LogP contribution in [0.4, 0.5) is 11.4 Å². The van der Waals surface area contributed by atoms with Crippen molar-refractivity contribution in [1.29, 1.82) is 0 Å². The van der Waals surface area contributed by atoms with E-state index in [4.69, 9.17) is 0 Å². The summed E-state index contributed by atoms with van der Waals surface area (Å²) in [7, 11) is 0. The molecule has 1 N–H and O–H groups in total. The summed E-state index contributed by atoms with van der Waals surface area (Å²) in [6.07, 6.45) is 5.31. The first-order chi connectivity index (χ1) is 13.5. The van der Waals surface area contributed by atoms with Gasteiger partial charge in [-0.15, -0.1) is 0 Å². The molecule has 3 amide bonds. The third kappa shape index (κ3) is 2.47. The molecule has 28 heavy (non-hydrogen) atoms. The van der Waals surface area contributed by atoms with Crippen LogP contribution in [0.1, 0.15) is 12.8 Å². The number of rotatable bonds is 5. The topological polar surface area (TPSA) is 110 Å². The predicted octanol–water partition coefficient (Wildman–Crippen LogP) is 1.98. The van der Waals surface area contributed by atoms with Gasteiger partial charge in [-0.3, -0.25) is 29.4 Å². The maximum Gasteiger partial charge on any atom is 0.271 e. The van der Waals surface area contributed by atoms with Crippen molar-refractivity contribution in [3.63, 3.8) is 0 Å². The van der Waals surface area contributed by atoms with Crippen LogP contribution in [0, 0.1) is 45.6 Å². The van der Waals surface area contributed by atoms with Crippen molar-refractivity contribution in [2.24, 2.45) is 35.5 Å². The first-order valence-corrected chi connectivity index (χ1v) is 9.53. The molecule has 0 aromatic heterocycles. The average molecular weight is 381 g/mol. The second-order valence-corrected chi connectivity index (χ2v) is 8.09. The summed E-state index contributed by atoms with van der Waals surface area (Å²) in [5.41, 5.74) is 0.197. The number of nitro groups is 1. The first-order valence-electron chi connectivity index (χ1n) is 9.53. The van der Waals surface area contributed by atoms with Crippen molar-refractivity contribution in [3.05, 3.63) is 46.5 Å². The normalized spacial score (nSPS) is 34.2. The van der Waals surface area contributed by atoms with Crippen molar-refractivity contribution in [2.75, 3.05) is 11.9 Å². The molecule has 1 saturated heterocycles. The summed E-state index contributed by atoms with van der Waals surface area (Å²) in [6.45, 7) is 0.0419. The number of carbonyl (C=O) groups is 3. The van der Waals surface area contributed by atoms with Gasteiger partial charge < -0.3 is 5.32 Å². The fraction of sp³-hybridized carbons (Fsp3) is 0.450. The zero-order chi connectivity index (χ0) is 19.6. The molecule has 2 saturated carbocycles. The number of allylic oxidation sites excluding steroid dienone is 2. The number of benzene rings is 1. The van der Waals surface area contributed by atoms with Gasteiger partial charge in [-0.05, 0) is 36.2 Å². The lowest BCUT2D eigenvalue weighted by Gasteiger charge is -2.37. The van der Waals surface area contributed by atoms with Crippen LogP contribution in [0.2, 0.25) is 0 Å². The lowest BCUT2D eigenvalue weighted by Crippen LogP contribution is -2.40. The van der Waals surface area contributed by atoms with E-state index >= 15 is 0 Å². The lowest BCUT2D eigenvalue weighted by atomic mass is 9.63. The number of nitrogens with one attached hydrogen (secondary N) is 1. The maximum atomic E-state index is 12.9. The summed E-state index contributed by atoms with van der Waals surface area (Å²) in [5.74, 6) is 0.221. The van der Waals surface area contributed by atoms with E-state index in [0.29, 0.717) is 17.5 Å². The molecular weight excluding hydrogens is 362 g/mol. The van der Waals surface area contributed by atoms with Gasteiger partial charge >= 0.3 is 0 Å². The lowest BCUT2D eigenvalue weighted by molar-refractivity contribution is -0.384. The number of nitrogens with zero attached hydrogens (tertiary/aromatic N) is 2. The van der Waals surface area contributed by atoms with Crippen LogP contribution >= 0.6 is 0 Å². The Morgan fingerprint density at radius 3 is 2.39 bits per heavy atom. The Morgan fingerprint density at radius 2 is 1.79 bits per heavy atom. The third-order valence-corrected chi connectivity index (χ3v) is 6.66. The van der Waals surface area contributed by atoms with E-state index in [0.717, 1.165) is 6.42 Å². The smallest absolute Gasteiger partial charge is 0.271 e. The first kappa shape index (κ1) is 17.1. The summed E-state index contributed by atoms with van der Waals surface area (Å²) in [5, 5.41) is 13.4. The maximum absolute atomic E-state index is 12.9. The van der Waals surface area contributed by atoms with E-state index in [1.54, 1.807) is 6.07 Å². The molecule has 4 aliphatic carbocycles. The van der Waals surface area contributed by atoms with E-state index in [-0.39, 0.29) is 60.0 Å². The number of carbonyl (C=O) groups excluding carboxylic acids is 3. The van der Waals surface area contributed by atoms with E-state index in [1.165, 1.54) is 23.1 Å². The molecule has 5 aliphatic rings. The number of hydrogen-bond donors (Lipinski definition) is 1. The highest BCUT2D eigenvalue weighted by Crippen LogP contribution is 2.65. The highest BCUT2D eigenvalue weighted by Gasteiger charge is 2.66. The Bertz CT molecular complexity index is 906. The zero-order valence-electron chi connectivity index (χ0n) is 15.0. The van der Waals surface area contributed by atoms with Crippen LogP contribution in [0.15, 0.2) is 36.4 Å². The SMILES string of the molecule is O=C(CCN1C(=O)[C@H]2[C@@H]3C=C[C@H]([C@H]4C[C@H]34)[C@@H]2C1=O)Nc1cccc([N+](=O)[O-])c1. The van der Waals surface area contributed by atoms with Crippen molar-refractivity contribution < 1.29 is 19.3 Å². The molecule has 0 spiro atoms. The molecule has 144 valence electrons. The summed E-state index contributed by atoms with van der Waals surface area (Å²) >= 11 is 0. The van der Waals surface area contributed by atoms with E-state index in [2.05, 4.69) is 17.5 Å². The number of imide groups is 1. The number of likely N-dealkylation sites (tertiary alicyclic amines) is 1. The van der Waals surface area contributed by atoms with Gasteiger partial charge in [-0.1, -0.05) is 18.2 Å². The average Bonchev–Trinajstić information content (AvgIpc) is 3.45. The monoisotopic (exact) mass is 381 g/mol. The Kier molecular flexibility index (Phi) is 3.65. The number of non-ortho nitro benzene ring substituents is 1. The highest BCUT2D eigenvalue weighted by atomic mass is 16.6. The third-order valence-electron chi connectivity index (χ3n) is 6.66. The van der Waals surface area contributed by atoms with Crippen LogP contribution < -0.4 is 5.32 Å². The standard InChI is InChI=1S/C20H19N3O5/c24-16(21-10-2-1-3-11(8-10)23(27)28)6-7-22-19(25)17-12-4-5-13(15-9-14(12)15)18(17)20(22)26/h1-5,8,12-15,17-18H,6-7,9H2,(H,21,24)/t12-,13-,14-,15-,17+,18+/m1/s1. The van der Waals surface area contributed by atoms with Crippen LogP contribution in [0.25, 0.3) is 0 Å². The molecule has 1 aliphatic heterocycles. The minimum absolute atomic E-state index is 0.0325. The molecular formula is C20H19N3O5.